The Bertz CT molecular complexity index is 1220. The number of hydrogen-bond acceptors (Lipinski definition) is 0. The highest BCUT2D eigenvalue weighted by Crippen LogP contribution is 2.42. The molecule has 1 aromatic heterocycles. The standard InChI is InChI=1S/C29H32FO/c1-17-13-21(30)14-18(2)26(17)27-22-11-9-19(28(3,4)5)15-24(22)31-25-16-20(29(6,7)8)10-12-23(25)27/h9-16H,1-8H3/q+1. The van der Waals surface area contributed by atoms with E-state index in [0.717, 1.165) is 44.2 Å². The molecule has 31 heavy (non-hydrogen) atoms. The second kappa shape index (κ2) is 7.15. The van der Waals surface area contributed by atoms with Crippen LogP contribution in [0.5, 0.6) is 0 Å². The Morgan fingerprint density at radius 3 is 1.42 bits per heavy atom. The van der Waals surface area contributed by atoms with E-state index in [1.165, 1.54) is 11.1 Å². The first-order valence-electron chi connectivity index (χ1n) is 11.0. The van der Waals surface area contributed by atoms with Gasteiger partial charge in [0.15, 0.2) is 0 Å². The molecule has 0 saturated carbocycles. The molecule has 0 aliphatic rings. The summed E-state index contributed by atoms with van der Waals surface area (Å²) in [4.78, 5) is 0. The zero-order valence-electron chi connectivity index (χ0n) is 19.9. The SMILES string of the molecule is Cc1cc(F)cc(C)c1-c1c2ccc(C(C)(C)C)cc2[o+]c2cc(C(C)(C)C)ccc12. The number of halogens is 1. The van der Waals surface area contributed by atoms with Gasteiger partial charge in [-0.1, -0.05) is 53.7 Å². The van der Waals surface area contributed by atoms with Gasteiger partial charge in [-0.3, -0.25) is 0 Å². The van der Waals surface area contributed by atoms with Gasteiger partial charge in [0.25, 0.3) is 0 Å². The van der Waals surface area contributed by atoms with Gasteiger partial charge in [-0.15, -0.1) is 0 Å². The topological polar surface area (TPSA) is 11.3 Å². The fraction of sp³-hybridized carbons (Fsp3) is 0.345. The number of fused-ring (bicyclic) bond motifs is 2. The average Bonchev–Trinajstić information content (AvgIpc) is 2.64. The average molecular weight is 416 g/mol. The smallest absolute Gasteiger partial charge is 0.207 e. The molecule has 0 fully saturated rings. The molecule has 160 valence electrons. The number of benzene rings is 3. The minimum atomic E-state index is -0.196. The fourth-order valence-corrected chi connectivity index (χ4v) is 4.40. The van der Waals surface area contributed by atoms with Crippen LogP contribution in [0.3, 0.4) is 0 Å². The van der Waals surface area contributed by atoms with Crippen LogP contribution in [0.4, 0.5) is 4.39 Å². The lowest BCUT2D eigenvalue weighted by molar-refractivity contribution is 0.583. The van der Waals surface area contributed by atoms with Crippen LogP contribution >= 0.6 is 0 Å². The van der Waals surface area contributed by atoms with Gasteiger partial charge in [-0.25, -0.2) is 8.81 Å². The van der Waals surface area contributed by atoms with E-state index in [4.69, 9.17) is 4.42 Å². The third-order valence-electron chi connectivity index (χ3n) is 6.20. The van der Waals surface area contributed by atoms with E-state index in [1.54, 1.807) is 12.1 Å². The second-order valence-electron chi connectivity index (χ2n) is 10.8. The minimum absolute atomic E-state index is 0.0216. The minimum Gasteiger partial charge on any atom is -0.207 e. The second-order valence-corrected chi connectivity index (χ2v) is 10.8. The van der Waals surface area contributed by atoms with Gasteiger partial charge < -0.3 is 0 Å². The lowest BCUT2D eigenvalue weighted by atomic mass is 9.84. The lowest BCUT2D eigenvalue weighted by Gasteiger charge is -2.20. The molecule has 0 radical (unpaired) electrons. The molecule has 2 heteroatoms. The van der Waals surface area contributed by atoms with Crippen molar-refractivity contribution >= 4 is 21.9 Å². The van der Waals surface area contributed by atoms with Crippen molar-refractivity contribution < 1.29 is 8.81 Å². The maximum atomic E-state index is 14.1. The third kappa shape index (κ3) is 3.84. The summed E-state index contributed by atoms with van der Waals surface area (Å²) in [6.07, 6.45) is 0. The quantitative estimate of drug-likeness (QED) is 0.223. The van der Waals surface area contributed by atoms with Gasteiger partial charge in [0.05, 0.1) is 10.8 Å². The predicted molar refractivity (Wildman–Crippen MR) is 130 cm³/mol. The van der Waals surface area contributed by atoms with Crippen molar-refractivity contribution in [1.82, 2.24) is 0 Å². The monoisotopic (exact) mass is 415 g/mol. The molecule has 1 nitrogen and oxygen atoms in total. The van der Waals surface area contributed by atoms with Crippen molar-refractivity contribution in [2.75, 3.05) is 0 Å². The highest BCUT2D eigenvalue weighted by molar-refractivity contribution is 6.09. The lowest BCUT2D eigenvalue weighted by Crippen LogP contribution is -2.11. The molecule has 3 aromatic carbocycles. The van der Waals surface area contributed by atoms with Crippen LogP contribution in [0.15, 0.2) is 52.9 Å². The molecule has 0 N–H and O–H groups in total. The molecule has 0 spiro atoms. The molecule has 0 amide bonds. The Kier molecular flexibility index (Phi) is 4.96. The van der Waals surface area contributed by atoms with Crippen LogP contribution in [-0.2, 0) is 10.8 Å². The maximum absolute atomic E-state index is 14.1. The largest absolute Gasteiger partial charge is 0.361 e. The van der Waals surface area contributed by atoms with Crippen molar-refractivity contribution in [3.05, 3.63) is 76.6 Å². The Labute approximate surface area is 184 Å². The van der Waals surface area contributed by atoms with Crippen molar-refractivity contribution in [2.45, 2.75) is 66.2 Å². The van der Waals surface area contributed by atoms with Gasteiger partial charge in [-0.2, -0.15) is 0 Å². The van der Waals surface area contributed by atoms with Gasteiger partial charge in [0.2, 0.25) is 0 Å². The number of hydrogen-bond donors (Lipinski definition) is 0. The maximum Gasteiger partial charge on any atom is 0.361 e. The molecular weight excluding hydrogens is 383 g/mol. The van der Waals surface area contributed by atoms with Crippen molar-refractivity contribution in [3.8, 4) is 11.1 Å². The third-order valence-corrected chi connectivity index (χ3v) is 6.20. The predicted octanol–water partition coefficient (Wildman–Crippen LogP) is 8.89. The van der Waals surface area contributed by atoms with E-state index < -0.39 is 0 Å². The summed E-state index contributed by atoms with van der Waals surface area (Å²) in [5.41, 5.74) is 8.31. The van der Waals surface area contributed by atoms with Gasteiger partial charge >= 0.3 is 11.2 Å². The molecule has 1 heterocycles. The molecule has 4 aromatic rings. The first-order valence-corrected chi connectivity index (χ1v) is 11.0. The van der Waals surface area contributed by atoms with Gasteiger partial charge in [-0.05, 0) is 76.8 Å². The van der Waals surface area contributed by atoms with E-state index in [0.29, 0.717) is 0 Å². The fourth-order valence-electron chi connectivity index (χ4n) is 4.40. The van der Waals surface area contributed by atoms with Crippen LogP contribution in [0.2, 0.25) is 0 Å². The Morgan fingerprint density at radius 1 is 0.613 bits per heavy atom. The zero-order chi connectivity index (χ0) is 22.7. The summed E-state index contributed by atoms with van der Waals surface area (Å²) in [6.45, 7) is 17.2. The first kappa shape index (κ1) is 21.5. The summed E-state index contributed by atoms with van der Waals surface area (Å²) in [5, 5.41) is 2.11. The summed E-state index contributed by atoms with van der Waals surface area (Å²) < 4.78 is 20.6. The molecule has 0 aliphatic heterocycles. The number of aryl methyl sites for hydroxylation is 2. The summed E-state index contributed by atoms with van der Waals surface area (Å²) in [5.74, 6) is -0.196. The summed E-state index contributed by atoms with van der Waals surface area (Å²) >= 11 is 0. The van der Waals surface area contributed by atoms with Crippen LogP contribution < -0.4 is 0 Å². The summed E-state index contributed by atoms with van der Waals surface area (Å²) in [7, 11) is 0. The molecule has 0 bridgehead atoms. The van der Waals surface area contributed by atoms with Crippen LogP contribution in [0.25, 0.3) is 33.1 Å². The molecule has 0 unspecified atom stereocenters. The number of rotatable bonds is 1. The molecule has 0 atom stereocenters. The van der Waals surface area contributed by atoms with E-state index in [1.807, 2.05) is 13.8 Å². The highest BCUT2D eigenvalue weighted by atomic mass is 19.1. The van der Waals surface area contributed by atoms with Crippen LogP contribution in [0, 0.1) is 19.7 Å². The molecular formula is C29H32FO+. The van der Waals surface area contributed by atoms with Crippen molar-refractivity contribution in [2.24, 2.45) is 0 Å². The highest BCUT2D eigenvalue weighted by Gasteiger charge is 2.26. The van der Waals surface area contributed by atoms with Crippen LogP contribution in [-0.4, -0.2) is 0 Å². The summed E-state index contributed by atoms with van der Waals surface area (Å²) in [6, 6.07) is 16.3. The Hall–Kier alpha value is -2.74. The van der Waals surface area contributed by atoms with Crippen molar-refractivity contribution in [1.29, 1.82) is 0 Å². The van der Waals surface area contributed by atoms with Crippen molar-refractivity contribution in [3.63, 3.8) is 0 Å². The Morgan fingerprint density at radius 2 is 1.03 bits per heavy atom. The van der Waals surface area contributed by atoms with E-state index in [-0.39, 0.29) is 16.6 Å². The van der Waals surface area contributed by atoms with Crippen LogP contribution in [0.1, 0.15) is 63.8 Å². The van der Waals surface area contributed by atoms with E-state index in [9.17, 15) is 4.39 Å². The first-order chi connectivity index (χ1) is 14.4. The molecule has 0 aliphatic carbocycles. The molecule has 0 saturated heterocycles. The van der Waals surface area contributed by atoms with Gasteiger partial charge in [0.1, 0.15) is 5.82 Å². The zero-order valence-corrected chi connectivity index (χ0v) is 19.9. The van der Waals surface area contributed by atoms with Gasteiger partial charge in [0, 0.05) is 17.7 Å². The molecule has 4 rings (SSSR count). The normalized spacial score (nSPS) is 12.7. The van der Waals surface area contributed by atoms with E-state index in [2.05, 4.69) is 77.9 Å². The van der Waals surface area contributed by atoms with E-state index >= 15 is 0 Å². The Balaban J connectivity index is 2.18.